The van der Waals surface area contributed by atoms with Crippen molar-refractivity contribution < 1.29 is 19.0 Å². The van der Waals surface area contributed by atoms with E-state index in [0.717, 1.165) is 37.4 Å². The monoisotopic (exact) mass is 446 g/mol. The standard InChI is InChI=1S/C24H31ClN2O4/c1-4-6-14-31-23-21(25)15-18(16-22(23)30-5-2)24(28)27-12-10-26(11-13-27)19-8-7-9-20(17-19)29-3/h7-9,15-17H,4-6,10-14H2,1-3H3. The number of carbonyl (C=O) groups is 1. The molecule has 1 aliphatic heterocycles. The number of methoxy groups -OCH3 is 1. The van der Waals surface area contributed by atoms with E-state index in [2.05, 4.69) is 17.9 Å². The van der Waals surface area contributed by atoms with Crippen LogP contribution in [0.1, 0.15) is 37.0 Å². The van der Waals surface area contributed by atoms with Crippen molar-refractivity contribution in [2.24, 2.45) is 0 Å². The normalized spacial score (nSPS) is 13.8. The van der Waals surface area contributed by atoms with Gasteiger partial charge in [-0.1, -0.05) is 31.0 Å². The van der Waals surface area contributed by atoms with Gasteiger partial charge < -0.3 is 24.0 Å². The van der Waals surface area contributed by atoms with E-state index < -0.39 is 0 Å². The molecule has 1 fully saturated rings. The van der Waals surface area contributed by atoms with E-state index in [1.807, 2.05) is 30.0 Å². The number of hydrogen-bond donors (Lipinski definition) is 0. The maximum absolute atomic E-state index is 13.2. The first kappa shape index (κ1) is 23.1. The van der Waals surface area contributed by atoms with Gasteiger partial charge in [-0.2, -0.15) is 0 Å². The Balaban J connectivity index is 1.69. The third kappa shape index (κ3) is 5.76. The number of piperazine rings is 1. The van der Waals surface area contributed by atoms with Crippen LogP contribution < -0.4 is 19.1 Å². The van der Waals surface area contributed by atoms with Crippen LogP contribution in [0, 0.1) is 0 Å². The van der Waals surface area contributed by atoms with E-state index in [4.69, 9.17) is 25.8 Å². The van der Waals surface area contributed by atoms with Gasteiger partial charge in [0.25, 0.3) is 5.91 Å². The summed E-state index contributed by atoms with van der Waals surface area (Å²) in [6, 6.07) is 11.4. The second-order valence-electron chi connectivity index (χ2n) is 7.40. The van der Waals surface area contributed by atoms with Crippen LogP contribution in [0.4, 0.5) is 5.69 Å². The molecule has 3 rings (SSSR count). The molecule has 0 atom stereocenters. The number of hydrogen-bond acceptors (Lipinski definition) is 5. The maximum Gasteiger partial charge on any atom is 0.254 e. The van der Waals surface area contributed by atoms with Crippen LogP contribution >= 0.6 is 11.6 Å². The summed E-state index contributed by atoms with van der Waals surface area (Å²) in [6.07, 6.45) is 1.96. The summed E-state index contributed by atoms with van der Waals surface area (Å²) in [5, 5.41) is 0.403. The predicted molar refractivity (Wildman–Crippen MR) is 124 cm³/mol. The number of ether oxygens (including phenoxy) is 3. The Morgan fingerprint density at radius 2 is 1.84 bits per heavy atom. The summed E-state index contributed by atoms with van der Waals surface area (Å²) in [6.45, 7) is 7.80. The average Bonchev–Trinajstić information content (AvgIpc) is 2.80. The zero-order chi connectivity index (χ0) is 22.2. The molecule has 0 unspecified atom stereocenters. The second kappa shape index (κ2) is 11.1. The number of unbranched alkanes of at least 4 members (excludes halogenated alkanes) is 1. The number of carbonyl (C=O) groups excluding carboxylic acids is 1. The molecule has 0 N–H and O–H groups in total. The number of amides is 1. The molecule has 1 amide bonds. The molecule has 1 saturated heterocycles. The zero-order valence-corrected chi connectivity index (χ0v) is 19.3. The molecule has 0 bridgehead atoms. The smallest absolute Gasteiger partial charge is 0.254 e. The van der Waals surface area contributed by atoms with E-state index in [0.29, 0.717) is 48.4 Å². The maximum atomic E-state index is 13.2. The molecule has 168 valence electrons. The number of halogens is 1. The highest BCUT2D eigenvalue weighted by Crippen LogP contribution is 2.37. The predicted octanol–water partition coefficient (Wildman–Crippen LogP) is 4.89. The first-order chi connectivity index (χ1) is 15.1. The van der Waals surface area contributed by atoms with Crippen LogP contribution in [0.5, 0.6) is 17.2 Å². The highest BCUT2D eigenvalue weighted by molar-refractivity contribution is 6.32. The van der Waals surface area contributed by atoms with Gasteiger partial charge in [-0.3, -0.25) is 4.79 Å². The molecule has 0 spiro atoms. The first-order valence-electron chi connectivity index (χ1n) is 10.8. The van der Waals surface area contributed by atoms with Crippen molar-refractivity contribution in [1.29, 1.82) is 0 Å². The first-order valence-corrected chi connectivity index (χ1v) is 11.2. The summed E-state index contributed by atoms with van der Waals surface area (Å²) >= 11 is 6.47. The molecular weight excluding hydrogens is 416 g/mol. The van der Waals surface area contributed by atoms with Crippen LogP contribution in [0.25, 0.3) is 0 Å². The third-order valence-electron chi connectivity index (χ3n) is 5.29. The topological polar surface area (TPSA) is 51.2 Å². The van der Waals surface area contributed by atoms with Gasteiger partial charge in [0.05, 0.1) is 25.3 Å². The van der Waals surface area contributed by atoms with Gasteiger partial charge in [0, 0.05) is 43.5 Å². The fourth-order valence-corrected chi connectivity index (χ4v) is 3.84. The minimum atomic E-state index is -0.0479. The van der Waals surface area contributed by atoms with Crippen LogP contribution in [0.3, 0.4) is 0 Å². The Kier molecular flexibility index (Phi) is 8.29. The fourth-order valence-electron chi connectivity index (χ4n) is 3.57. The summed E-state index contributed by atoms with van der Waals surface area (Å²) < 4.78 is 16.9. The molecule has 7 heteroatoms. The van der Waals surface area contributed by atoms with E-state index in [-0.39, 0.29) is 5.91 Å². The van der Waals surface area contributed by atoms with Gasteiger partial charge in [-0.25, -0.2) is 0 Å². The molecule has 2 aromatic rings. The van der Waals surface area contributed by atoms with Crippen molar-refractivity contribution in [2.45, 2.75) is 26.7 Å². The molecule has 0 radical (unpaired) electrons. The molecule has 31 heavy (non-hydrogen) atoms. The Bertz CT molecular complexity index is 882. The van der Waals surface area contributed by atoms with Crippen LogP contribution in [-0.2, 0) is 0 Å². The average molecular weight is 447 g/mol. The van der Waals surface area contributed by atoms with Gasteiger partial charge in [0.15, 0.2) is 11.5 Å². The lowest BCUT2D eigenvalue weighted by molar-refractivity contribution is 0.0746. The van der Waals surface area contributed by atoms with Crippen molar-refractivity contribution in [1.82, 2.24) is 4.90 Å². The highest BCUT2D eigenvalue weighted by Gasteiger charge is 2.24. The SMILES string of the molecule is CCCCOc1c(Cl)cc(C(=O)N2CCN(c3cccc(OC)c3)CC2)cc1OCC. The molecule has 0 aromatic heterocycles. The van der Waals surface area contributed by atoms with Crippen LogP contribution in [-0.4, -0.2) is 57.3 Å². The number of benzene rings is 2. The molecular formula is C24H31ClN2O4. The van der Waals surface area contributed by atoms with Gasteiger partial charge in [0.1, 0.15) is 5.75 Å². The third-order valence-corrected chi connectivity index (χ3v) is 5.57. The van der Waals surface area contributed by atoms with Crippen molar-refractivity contribution in [3.63, 3.8) is 0 Å². The molecule has 1 heterocycles. The Labute approximate surface area is 189 Å². The van der Waals surface area contributed by atoms with Crippen molar-refractivity contribution in [2.75, 3.05) is 51.4 Å². The molecule has 0 saturated carbocycles. The fraction of sp³-hybridized carbons (Fsp3) is 0.458. The number of nitrogens with zero attached hydrogens (tertiary/aromatic N) is 2. The van der Waals surface area contributed by atoms with E-state index in [1.165, 1.54) is 0 Å². The van der Waals surface area contributed by atoms with E-state index in [9.17, 15) is 4.79 Å². The summed E-state index contributed by atoms with van der Waals surface area (Å²) in [4.78, 5) is 17.3. The van der Waals surface area contributed by atoms with Crippen LogP contribution in [0.15, 0.2) is 36.4 Å². The molecule has 6 nitrogen and oxygen atoms in total. The quantitative estimate of drug-likeness (QED) is 0.513. The van der Waals surface area contributed by atoms with E-state index >= 15 is 0 Å². The Hall–Kier alpha value is -2.60. The van der Waals surface area contributed by atoms with Gasteiger partial charge in [-0.15, -0.1) is 0 Å². The van der Waals surface area contributed by atoms with Crippen molar-refractivity contribution in [3.05, 3.63) is 47.0 Å². The second-order valence-corrected chi connectivity index (χ2v) is 7.81. The molecule has 1 aliphatic rings. The van der Waals surface area contributed by atoms with Crippen molar-refractivity contribution in [3.8, 4) is 17.2 Å². The number of anilines is 1. The Morgan fingerprint density at radius 3 is 2.52 bits per heavy atom. The largest absolute Gasteiger partial charge is 0.497 e. The minimum absolute atomic E-state index is 0.0479. The van der Waals surface area contributed by atoms with E-state index in [1.54, 1.807) is 19.2 Å². The molecule has 2 aromatic carbocycles. The summed E-state index contributed by atoms with van der Waals surface area (Å²) in [5.74, 6) is 1.81. The highest BCUT2D eigenvalue weighted by atomic mass is 35.5. The van der Waals surface area contributed by atoms with Crippen molar-refractivity contribution >= 4 is 23.2 Å². The lowest BCUT2D eigenvalue weighted by Gasteiger charge is -2.36. The minimum Gasteiger partial charge on any atom is -0.497 e. The summed E-state index contributed by atoms with van der Waals surface area (Å²) in [5.41, 5.74) is 1.62. The lowest BCUT2D eigenvalue weighted by Crippen LogP contribution is -2.48. The zero-order valence-electron chi connectivity index (χ0n) is 18.5. The van der Waals surface area contributed by atoms with Gasteiger partial charge in [0.2, 0.25) is 0 Å². The lowest BCUT2D eigenvalue weighted by atomic mass is 10.1. The number of rotatable bonds is 9. The van der Waals surface area contributed by atoms with Gasteiger partial charge in [-0.05, 0) is 37.6 Å². The molecule has 0 aliphatic carbocycles. The van der Waals surface area contributed by atoms with Gasteiger partial charge >= 0.3 is 0 Å². The Morgan fingerprint density at radius 1 is 1.06 bits per heavy atom. The summed E-state index contributed by atoms with van der Waals surface area (Å²) in [7, 11) is 1.66. The van der Waals surface area contributed by atoms with Crippen LogP contribution in [0.2, 0.25) is 5.02 Å².